The Labute approximate surface area is 168 Å². The minimum absolute atomic E-state index is 0.0509. The van der Waals surface area contributed by atoms with Gasteiger partial charge in [0.1, 0.15) is 22.3 Å². The average molecular weight is 434 g/mol. The molecule has 0 saturated carbocycles. The number of benzene rings is 2. The van der Waals surface area contributed by atoms with E-state index in [0.29, 0.717) is 32.8 Å². The van der Waals surface area contributed by atoms with E-state index in [1.807, 2.05) is 34.6 Å². The molecule has 0 heterocycles. The highest BCUT2D eigenvalue weighted by Gasteiger charge is 2.17. The van der Waals surface area contributed by atoms with Gasteiger partial charge in [-0.15, -0.1) is 0 Å². The number of amides is 1. The molecular formula is C21H24BrNO4. The molecule has 27 heavy (non-hydrogen) atoms. The van der Waals surface area contributed by atoms with Crippen LogP contribution in [0.2, 0.25) is 0 Å². The number of hydrogen-bond donors (Lipinski definition) is 1. The van der Waals surface area contributed by atoms with Crippen LogP contribution < -0.4 is 14.8 Å². The molecule has 0 aliphatic rings. The Hall–Kier alpha value is -2.34. The van der Waals surface area contributed by atoms with Gasteiger partial charge >= 0.3 is 0 Å². The Morgan fingerprint density at radius 3 is 2.04 bits per heavy atom. The van der Waals surface area contributed by atoms with Crippen molar-refractivity contribution in [2.75, 3.05) is 5.32 Å². The SMILES string of the molecule is Cc1cc(NC(=O)c2cc(OC(C)C)c(Br)c(OC(C)C)c2)ccc1C=O. The molecule has 0 unspecified atom stereocenters. The van der Waals surface area contributed by atoms with Crippen LogP contribution in [0.5, 0.6) is 11.5 Å². The van der Waals surface area contributed by atoms with E-state index in [0.717, 1.165) is 11.8 Å². The second-order valence-electron chi connectivity index (χ2n) is 6.76. The van der Waals surface area contributed by atoms with Gasteiger partial charge in [0.25, 0.3) is 5.91 Å². The van der Waals surface area contributed by atoms with Gasteiger partial charge in [-0.05, 0) is 86.4 Å². The quantitative estimate of drug-likeness (QED) is 0.593. The number of aldehydes is 1. The van der Waals surface area contributed by atoms with Gasteiger partial charge in [0, 0.05) is 16.8 Å². The van der Waals surface area contributed by atoms with Crippen molar-refractivity contribution in [2.24, 2.45) is 0 Å². The highest BCUT2D eigenvalue weighted by molar-refractivity contribution is 9.10. The molecule has 0 radical (unpaired) electrons. The van der Waals surface area contributed by atoms with Gasteiger partial charge in [-0.3, -0.25) is 9.59 Å². The molecule has 2 aromatic carbocycles. The average Bonchev–Trinajstić information content (AvgIpc) is 2.57. The van der Waals surface area contributed by atoms with Crippen molar-refractivity contribution in [1.29, 1.82) is 0 Å². The maximum atomic E-state index is 12.8. The number of aryl methyl sites for hydroxylation is 1. The van der Waals surface area contributed by atoms with Crippen LogP contribution in [-0.2, 0) is 0 Å². The molecule has 0 spiro atoms. The van der Waals surface area contributed by atoms with Gasteiger partial charge in [0.15, 0.2) is 0 Å². The van der Waals surface area contributed by atoms with E-state index in [4.69, 9.17) is 9.47 Å². The third-order valence-electron chi connectivity index (χ3n) is 3.65. The number of ether oxygens (including phenoxy) is 2. The molecule has 5 nitrogen and oxygen atoms in total. The predicted molar refractivity (Wildman–Crippen MR) is 110 cm³/mol. The van der Waals surface area contributed by atoms with Crippen LogP contribution in [-0.4, -0.2) is 24.4 Å². The Bertz CT molecular complexity index is 815. The molecule has 144 valence electrons. The fraction of sp³-hybridized carbons (Fsp3) is 0.333. The summed E-state index contributed by atoms with van der Waals surface area (Å²) < 4.78 is 12.3. The zero-order chi connectivity index (χ0) is 20.1. The summed E-state index contributed by atoms with van der Waals surface area (Å²) in [6, 6.07) is 8.50. The molecule has 0 atom stereocenters. The Morgan fingerprint density at radius 1 is 1.04 bits per heavy atom. The van der Waals surface area contributed by atoms with E-state index in [1.165, 1.54) is 0 Å². The Balaban J connectivity index is 2.36. The largest absolute Gasteiger partial charge is 0.490 e. The lowest BCUT2D eigenvalue weighted by atomic mass is 10.1. The van der Waals surface area contributed by atoms with Crippen LogP contribution in [0.25, 0.3) is 0 Å². The molecule has 1 amide bonds. The maximum Gasteiger partial charge on any atom is 0.255 e. The van der Waals surface area contributed by atoms with E-state index in [9.17, 15) is 9.59 Å². The van der Waals surface area contributed by atoms with Crippen molar-refractivity contribution in [3.63, 3.8) is 0 Å². The first kappa shape index (κ1) is 21.0. The molecule has 1 N–H and O–H groups in total. The van der Waals surface area contributed by atoms with Crippen LogP contribution >= 0.6 is 15.9 Å². The lowest BCUT2D eigenvalue weighted by Gasteiger charge is -2.18. The fourth-order valence-electron chi connectivity index (χ4n) is 2.47. The maximum absolute atomic E-state index is 12.8. The third kappa shape index (κ3) is 5.57. The highest BCUT2D eigenvalue weighted by Crippen LogP contribution is 2.37. The van der Waals surface area contributed by atoms with Crippen molar-refractivity contribution in [3.05, 3.63) is 51.5 Å². The first-order valence-corrected chi connectivity index (χ1v) is 9.54. The molecule has 0 aliphatic carbocycles. The van der Waals surface area contributed by atoms with E-state index in [-0.39, 0.29) is 18.1 Å². The Kier molecular flexibility index (Phi) is 7.02. The predicted octanol–water partition coefficient (Wildman–Crippen LogP) is 5.40. The third-order valence-corrected chi connectivity index (χ3v) is 4.43. The number of anilines is 1. The molecule has 2 rings (SSSR count). The van der Waals surface area contributed by atoms with Crippen LogP contribution in [0.15, 0.2) is 34.8 Å². The minimum atomic E-state index is -0.289. The van der Waals surface area contributed by atoms with E-state index in [2.05, 4.69) is 21.2 Å². The molecule has 2 aromatic rings. The molecule has 0 bridgehead atoms. The smallest absolute Gasteiger partial charge is 0.255 e. The van der Waals surface area contributed by atoms with Gasteiger partial charge in [0.05, 0.1) is 12.2 Å². The van der Waals surface area contributed by atoms with Gasteiger partial charge in [-0.25, -0.2) is 0 Å². The number of carbonyl (C=O) groups is 2. The summed E-state index contributed by atoms with van der Waals surface area (Å²) in [6.45, 7) is 9.49. The molecule has 0 fully saturated rings. The van der Waals surface area contributed by atoms with E-state index in [1.54, 1.807) is 30.3 Å². The monoisotopic (exact) mass is 433 g/mol. The van der Waals surface area contributed by atoms with Crippen molar-refractivity contribution >= 4 is 33.8 Å². The summed E-state index contributed by atoms with van der Waals surface area (Å²) in [6.07, 6.45) is 0.691. The normalized spacial score (nSPS) is 10.8. The zero-order valence-electron chi connectivity index (χ0n) is 16.1. The summed E-state index contributed by atoms with van der Waals surface area (Å²) >= 11 is 3.50. The van der Waals surface area contributed by atoms with Crippen molar-refractivity contribution < 1.29 is 19.1 Å². The summed E-state index contributed by atoms with van der Waals surface area (Å²) in [4.78, 5) is 23.7. The van der Waals surface area contributed by atoms with Crippen LogP contribution in [0, 0.1) is 6.92 Å². The van der Waals surface area contributed by atoms with Crippen molar-refractivity contribution in [2.45, 2.75) is 46.8 Å². The molecule has 0 aromatic heterocycles. The van der Waals surface area contributed by atoms with Gasteiger partial charge < -0.3 is 14.8 Å². The minimum Gasteiger partial charge on any atom is -0.490 e. The van der Waals surface area contributed by atoms with Crippen LogP contribution in [0.1, 0.15) is 54.0 Å². The molecule has 0 aliphatic heterocycles. The summed E-state index contributed by atoms with van der Waals surface area (Å²) in [5, 5.41) is 2.85. The Morgan fingerprint density at radius 2 is 1.59 bits per heavy atom. The molecule has 6 heteroatoms. The lowest BCUT2D eigenvalue weighted by Crippen LogP contribution is -2.15. The van der Waals surface area contributed by atoms with Crippen LogP contribution in [0.3, 0.4) is 0 Å². The van der Waals surface area contributed by atoms with E-state index < -0.39 is 0 Å². The summed E-state index contributed by atoms with van der Waals surface area (Å²) in [7, 11) is 0. The fourth-order valence-corrected chi connectivity index (χ4v) is 2.89. The number of nitrogens with one attached hydrogen (secondary N) is 1. The van der Waals surface area contributed by atoms with Gasteiger partial charge in [-0.1, -0.05) is 0 Å². The zero-order valence-corrected chi connectivity index (χ0v) is 17.7. The second kappa shape index (κ2) is 9.04. The van der Waals surface area contributed by atoms with Crippen molar-refractivity contribution in [1.82, 2.24) is 0 Å². The number of rotatable bonds is 7. The number of halogens is 1. The lowest BCUT2D eigenvalue weighted by molar-refractivity contribution is 0.102. The van der Waals surface area contributed by atoms with Crippen molar-refractivity contribution in [3.8, 4) is 11.5 Å². The number of hydrogen-bond acceptors (Lipinski definition) is 4. The standard InChI is InChI=1S/C21H24BrNO4/c1-12(2)26-18-9-16(10-19(20(18)22)27-13(3)4)21(25)23-17-7-6-15(11-24)14(5)8-17/h6-13H,1-5H3,(H,23,25). The van der Waals surface area contributed by atoms with Gasteiger partial charge in [-0.2, -0.15) is 0 Å². The second-order valence-corrected chi connectivity index (χ2v) is 7.56. The topological polar surface area (TPSA) is 64.6 Å². The first-order chi connectivity index (χ1) is 12.7. The van der Waals surface area contributed by atoms with Gasteiger partial charge in [0.2, 0.25) is 0 Å². The number of carbonyl (C=O) groups excluding carboxylic acids is 2. The van der Waals surface area contributed by atoms with Crippen LogP contribution in [0.4, 0.5) is 5.69 Å². The molecule has 0 saturated heterocycles. The summed E-state index contributed by atoms with van der Waals surface area (Å²) in [5.41, 5.74) is 2.42. The first-order valence-electron chi connectivity index (χ1n) is 8.75. The summed E-state index contributed by atoms with van der Waals surface area (Å²) in [5.74, 6) is 0.796. The molecular weight excluding hydrogens is 410 g/mol. The van der Waals surface area contributed by atoms with E-state index >= 15 is 0 Å². The highest BCUT2D eigenvalue weighted by atomic mass is 79.9.